The van der Waals surface area contributed by atoms with Crippen molar-refractivity contribution < 1.29 is 17.9 Å². The molecule has 1 N–H and O–H groups in total. The summed E-state index contributed by atoms with van der Waals surface area (Å²) in [6.45, 7) is 1.27. The number of anilines is 1. The minimum Gasteiger partial charge on any atom is -0.382 e. The molecule has 100 valence electrons. The zero-order valence-corrected chi connectivity index (χ0v) is 10.3. The van der Waals surface area contributed by atoms with E-state index in [1.807, 2.05) is 0 Å². The van der Waals surface area contributed by atoms with E-state index in [0.717, 1.165) is 18.9 Å². The topological polar surface area (TPSA) is 21.3 Å². The average Bonchev–Trinajstić information content (AvgIpc) is 2.31. The molecule has 0 aliphatic carbocycles. The van der Waals surface area contributed by atoms with Gasteiger partial charge < -0.3 is 10.1 Å². The molecule has 1 saturated heterocycles. The van der Waals surface area contributed by atoms with Gasteiger partial charge in [0.1, 0.15) is 0 Å². The molecule has 1 heterocycles. The van der Waals surface area contributed by atoms with E-state index in [2.05, 4.69) is 5.32 Å². The highest BCUT2D eigenvalue weighted by atomic mass is 35.5. The van der Waals surface area contributed by atoms with Crippen LogP contribution < -0.4 is 5.32 Å². The Balaban J connectivity index is 2.14. The van der Waals surface area contributed by atoms with Crippen LogP contribution in [0.1, 0.15) is 18.4 Å². The smallest absolute Gasteiger partial charge is 0.382 e. The van der Waals surface area contributed by atoms with Gasteiger partial charge >= 0.3 is 6.18 Å². The molecular formula is C12H13ClF3NO. The van der Waals surface area contributed by atoms with Gasteiger partial charge in [0.2, 0.25) is 0 Å². The van der Waals surface area contributed by atoms with Gasteiger partial charge in [-0.1, -0.05) is 11.6 Å². The van der Waals surface area contributed by atoms with Crippen molar-refractivity contribution >= 4 is 17.3 Å². The lowest BCUT2D eigenvalue weighted by Gasteiger charge is -2.24. The molecule has 6 heteroatoms. The van der Waals surface area contributed by atoms with E-state index in [-0.39, 0.29) is 11.1 Å². The molecular weight excluding hydrogens is 267 g/mol. The van der Waals surface area contributed by atoms with Crippen molar-refractivity contribution in [3.63, 3.8) is 0 Å². The van der Waals surface area contributed by atoms with Crippen LogP contribution in [0, 0.1) is 0 Å². The standard InChI is InChI=1S/C12H13ClF3NO/c13-11-2-1-9(7-10(11)12(14,15)16)17-8-3-5-18-6-4-8/h1-2,7-8,17H,3-6H2. The molecule has 2 rings (SSSR count). The molecule has 1 fully saturated rings. The minimum atomic E-state index is -4.43. The second-order valence-corrected chi connectivity index (χ2v) is 4.63. The number of alkyl halides is 3. The van der Waals surface area contributed by atoms with Crippen molar-refractivity contribution in [2.75, 3.05) is 18.5 Å². The first-order valence-corrected chi connectivity index (χ1v) is 6.05. The SMILES string of the molecule is FC(F)(F)c1cc(NC2CCOCC2)ccc1Cl. The third kappa shape index (κ3) is 3.29. The van der Waals surface area contributed by atoms with Gasteiger partial charge in [0.05, 0.1) is 10.6 Å². The van der Waals surface area contributed by atoms with E-state index in [1.54, 1.807) is 6.07 Å². The summed E-state index contributed by atoms with van der Waals surface area (Å²) in [7, 11) is 0. The van der Waals surface area contributed by atoms with E-state index in [4.69, 9.17) is 16.3 Å². The Morgan fingerprint density at radius 2 is 1.89 bits per heavy atom. The highest BCUT2D eigenvalue weighted by Crippen LogP contribution is 2.36. The predicted octanol–water partition coefficient (Wildman–Crippen LogP) is 3.95. The molecule has 0 unspecified atom stereocenters. The fourth-order valence-corrected chi connectivity index (χ4v) is 2.13. The second kappa shape index (κ2) is 5.36. The first kappa shape index (κ1) is 13.5. The van der Waals surface area contributed by atoms with Crippen molar-refractivity contribution in [1.29, 1.82) is 0 Å². The van der Waals surface area contributed by atoms with Gasteiger partial charge in [0.15, 0.2) is 0 Å². The van der Waals surface area contributed by atoms with E-state index >= 15 is 0 Å². The highest BCUT2D eigenvalue weighted by Gasteiger charge is 2.33. The number of halogens is 4. The lowest BCUT2D eigenvalue weighted by molar-refractivity contribution is -0.137. The van der Waals surface area contributed by atoms with Crippen LogP contribution >= 0.6 is 11.6 Å². The maximum absolute atomic E-state index is 12.7. The van der Waals surface area contributed by atoms with Gasteiger partial charge in [-0.2, -0.15) is 13.2 Å². The Labute approximate surface area is 108 Å². The van der Waals surface area contributed by atoms with Gasteiger partial charge in [-0.3, -0.25) is 0 Å². The molecule has 0 saturated carbocycles. The maximum Gasteiger partial charge on any atom is 0.417 e. The largest absolute Gasteiger partial charge is 0.417 e. The highest BCUT2D eigenvalue weighted by molar-refractivity contribution is 6.31. The van der Waals surface area contributed by atoms with Crippen LogP contribution in [0.4, 0.5) is 18.9 Å². The van der Waals surface area contributed by atoms with Crippen LogP contribution in [0.3, 0.4) is 0 Å². The molecule has 1 aromatic carbocycles. The molecule has 1 aliphatic heterocycles. The fourth-order valence-electron chi connectivity index (χ4n) is 1.91. The van der Waals surface area contributed by atoms with Gasteiger partial charge in [0, 0.05) is 24.9 Å². The molecule has 0 spiro atoms. The molecule has 0 radical (unpaired) electrons. The number of hydrogen-bond acceptors (Lipinski definition) is 2. The number of benzene rings is 1. The molecule has 0 aromatic heterocycles. The predicted molar refractivity (Wildman–Crippen MR) is 63.9 cm³/mol. The summed E-state index contributed by atoms with van der Waals surface area (Å²) in [6, 6.07) is 4.04. The zero-order chi connectivity index (χ0) is 13.2. The summed E-state index contributed by atoms with van der Waals surface area (Å²) in [5.41, 5.74) is -0.361. The monoisotopic (exact) mass is 279 g/mol. The van der Waals surface area contributed by atoms with Crippen LogP contribution in [0.25, 0.3) is 0 Å². The summed E-state index contributed by atoms with van der Waals surface area (Å²) in [4.78, 5) is 0. The van der Waals surface area contributed by atoms with E-state index < -0.39 is 11.7 Å². The second-order valence-electron chi connectivity index (χ2n) is 4.22. The fraction of sp³-hybridized carbons (Fsp3) is 0.500. The molecule has 18 heavy (non-hydrogen) atoms. The first-order chi connectivity index (χ1) is 8.47. The molecule has 1 aliphatic rings. The minimum absolute atomic E-state index is 0.154. The van der Waals surface area contributed by atoms with Crippen molar-refractivity contribution in [1.82, 2.24) is 0 Å². The van der Waals surface area contributed by atoms with E-state index in [0.29, 0.717) is 18.9 Å². The summed E-state index contributed by atoms with van der Waals surface area (Å²) >= 11 is 5.56. The van der Waals surface area contributed by atoms with Crippen LogP contribution in [0.2, 0.25) is 5.02 Å². The van der Waals surface area contributed by atoms with Crippen LogP contribution in [0.5, 0.6) is 0 Å². The Morgan fingerprint density at radius 3 is 2.50 bits per heavy atom. The van der Waals surface area contributed by atoms with E-state index in [9.17, 15) is 13.2 Å². The molecule has 0 bridgehead atoms. The lowest BCUT2D eigenvalue weighted by atomic mass is 10.1. The van der Waals surface area contributed by atoms with Gasteiger partial charge in [-0.05, 0) is 31.0 Å². The Morgan fingerprint density at radius 1 is 1.22 bits per heavy atom. The van der Waals surface area contributed by atoms with Crippen molar-refractivity contribution in [2.45, 2.75) is 25.1 Å². The van der Waals surface area contributed by atoms with Gasteiger partial charge in [-0.15, -0.1) is 0 Å². The van der Waals surface area contributed by atoms with Crippen molar-refractivity contribution in [3.05, 3.63) is 28.8 Å². The lowest BCUT2D eigenvalue weighted by Crippen LogP contribution is -2.27. The summed E-state index contributed by atoms with van der Waals surface area (Å²) in [6.07, 6.45) is -2.83. The number of hydrogen-bond donors (Lipinski definition) is 1. The quantitative estimate of drug-likeness (QED) is 0.885. The molecule has 1 aromatic rings. The average molecular weight is 280 g/mol. The van der Waals surface area contributed by atoms with E-state index in [1.165, 1.54) is 6.07 Å². The first-order valence-electron chi connectivity index (χ1n) is 5.68. The summed E-state index contributed by atoms with van der Waals surface area (Å²) in [5, 5.41) is 2.80. The summed E-state index contributed by atoms with van der Waals surface area (Å²) in [5.74, 6) is 0. The molecule has 0 atom stereocenters. The van der Waals surface area contributed by atoms with Gasteiger partial charge in [0.25, 0.3) is 0 Å². The Kier molecular flexibility index (Phi) is 4.02. The van der Waals surface area contributed by atoms with Gasteiger partial charge in [-0.25, -0.2) is 0 Å². The Hall–Kier alpha value is -0.940. The van der Waals surface area contributed by atoms with Crippen LogP contribution in [-0.2, 0) is 10.9 Å². The zero-order valence-electron chi connectivity index (χ0n) is 9.56. The number of nitrogens with one attached hydrogen (secondary N) is 1. The normalized spacial score (nSPS) is 17.8. The molecule has 2 nitrogen and oxygen atoms in total. The third-order valence-corrected chi connectivity index (χ3v) is 3.19. The van der Waals surface area contributed by atoms with Crippen molar-refractivity contribution in [3.8, 4) is 0 Å². The molecule has 0 amide bonds. The Bertz CT molecular complexity index is 416. The third-order valence-electron chi connectivity index (χ3n) is 2.86. The summed E-state index contributed by atoms with van der Waals surface area (Å²) < 4.78 is 43.2. The number of ether oxygens (including phenoxy) is 1. The number of rotatable bonds is 2. The van der Waals surface area contributed by atoms with Crippen LogP contribution in [0.15, 0.2) is 18.2 Å². The van der Waals surface area contributed by atoms with Crippen LogP contribution in [-0.4, -0.2) is 19.3 Å². The maximum atomic E-state index is 12.7. The van der Waals surface area contributed by atoms with Crippen molar-refractivity contribution in [2.24, 2.45) is 0 Å².